The second-order valence-corrected chi connectivity index (χ2v) is 4.91. The fourth-order valence-electron chi connectivity index (χ4n) is 2.06. The van der Waals surface area contributed by atoms with Gasteiger partial charge in [-0.05, 0) is 24.8 Å². The lowest BCUT2D eigenvalue weighted by molar-refractivity contribution is -0.143. The van der Waals surface area contributed by atoms with Crippen LogP contribution in [0.3, 0.4) is 0 Å². The van der Waals surface area contributed by atoms with Crippen molar-refractivity contribution in [2.24, 2.45) is 0 Å². The maximum absolute atomic E-state index is 11.6. The SMILES string of the molecule is O=CCCCCCCOC(=O)CCc1ccccc1C=O. The van der Waals surface area contributed by atoms with Crippen LogP contribution in [-0.4, -0.2) is 25.1 Å². The molecule has 0 saturated carbocycles. The summed E-state index contributed by atoms with van der Waals surface area (Å²) < 4.78 is 5.15. The Labute approximate surface area is 125 Å². The number of aryl methyl sites for hydroxylation is 1. The van der Waals surface area contributed by atoms with Crippen LogP contribution in [0.2, 0.25) is 0 Å². The summed E-state index contributed by atoms with van der Waals surface area (Å²) in [5.41, 5.74) is 1.50. The maximum Gasteiger partial charge on any atom is 0.306 e. The van der Waals surface area contributed by atoms with Gasteiger partial charge >= 0.3 is 5.97 Å². The Balaban J connectivity index is 2.14. The van der Waals surface area contributed by atoms with Crippen molar-refractivity contribution < 1.29 is 19.1 Å². The molecule has 21 heavy (non-hydrogen) atoms. The largest absolute Gasteiger partial charge is 0.466 e. The average Bonchev–Trinajstić information content (AvgIpc) is 2.52. The molecule has 0 spiro atoms. The van der Waals surface area contributed by atoms with Crippen LogP contribution in [0.5, 0.6) is 0 Å². The van der Waals surface area contributed by atoms with Gasteiger partial charge in [0.1, 0.15) is 12.6 Å². The van der Waals surface area contributed by atoms with E-state index in [1.165, 1.54) is 0 Å². The van der Waals surface area contributed by atoms with Gasteiger partial charge in [-0.1, -0.05) is 37.1 Å². The molecule has 114 valence electrons. The minimum absolute atomic E-state index is 0.233. The van der Waals surface area contributed by atoms with Crippen LogP contribution >= 0.6 is 0 Å². The topological polar surface area (TPSA) is 60.4 Å². The molecular formula is C17H22O4. The van der Waals surface area contributed by atoms with E-state index in [2.05, 4.69) is 0 Å². The van der Waals surface area contributed by atoms with E-state index < -0.39 is 0 Å². The van der Waals surface area contributed by atoms with Crippen molar-refractivity contribution in [3.05, 3.63) is 35.4 Å². The van der Waals surface area contributed by atoms with Crippen molar-refractivity contribution in [3.63, 3.8) is 0 Å². The van der Waals surface area contributed by atoms with Crippen molar-refractivity contribution in [2.45, 2.75) is 44.9 Å². The molecule has 0 aliphatic heterocycles. The Bertz CT molecular complexity index is 454. The van der Waals surface area contributed by atoms with Crippen LogP contribution in [0, 0.1) is 0 Å². The van der Waals surface area contributed by atoms with Crippen molar-refractivity contribution in [1.82, 2.24) is 0 Å². The summed E-state index contributed by atoms with van der Waals surface area (Å²) in [7, 11) is 0. The number of aldehydes is 2. The number of hydrogen-bond acceptors (Lipinski definition) is 4. The number of ether oxygens (including phenoxy) is 1. The summed E-state index contributed by atoms with van der Waals surface area (Å²) in [4.78, 5) is 32.6. The lowest BCUT2D eigenvalue weighted by atomic mass is 10.0. The first-order chi connectivity index (χ1) is 10.3. The zero-order valence-corrected chi connectivity index (χ0v) is 12.3. The van der Waals surface area contributed by atoms with Crippen LogP contribution in [0.1, 0.15) is 54.4 Å². The zero-order valence-electron chi connectivity index (χ0n) is 12.3. The monoisotopic (exact) mass is 290 g/mol. The molecule has 1 aromatic carbocycles. The zero-order chi connectivity index (χ0) is 15.3. The van der Waals surface area contributed by atoms with E-state index >= 15 is 0 Å². The van der Waals surface area contributed by atoms with Gasteiger partial charge in [0.05, 0.1) is 6.61 Å². The van der Waals surface area contributed by atoms with Crippen molar-refractivity contribution in [3.8, 4) is 0 Å². The number of benzene rings is 1. The number of carbonyl (C=O) groups excluding carboxylic acids is 3. The molecule has 4 nitrogen and oxygen atoms in total. The van der Waals surface area contributed by atoms with Crippen LogP contribution in [-0.2, 0) is 20.7 Å². The van der Waals surface area contributed by atoms with Crippen LogP contribution in [0.15, 0.2) is 24.3 Å². The van der Waals surface area contributed by atoms with E-state index in [1.807, 2.05) is 12.1 Å². The molecule has 0 unspecified atom stereocenters. The van der Waals surface area contributed by atoms with Crippen molar-refractivity contribution in [2.75, 3.05) is 6.61 Å². The molecule has 0 N–H and O–H groups in total. The van der Waals surface area contributed by atoms with Gasteiger partial charge in [0, 0.05) is 18.4 Å². The molecule has 0 fully saturated rings. The summed E-state index contributed by atoms with van der Waals surface area (Å²) >= 11 is 0. The molecule has 0 saturated heterocycles. The van der Waals surface area contributed by atoms with E-state index in [4.69, 9.17) is 4.74 Å². The molecule has 0 aliphatic carbocycles. The number of carbonyl (C=O) groups is 3. The molecule has 0 bridgehead atoms. The Hall–Kier alpha value is -1.97. The van der Waals surface area contributed by atoms with Crippen LogP contribution in [0.25, 0.3) is 0 Å². The number of unbranched alkanes of at least 4 members (excludes halogenated alkanes) is 4. The molecule has 4 heteroatoms. The molecule has 0 amide bonds. The van der Waals surface area contributed by atoms with Crippen LogP contribution in [0.4, 0.5) is 0 Å². The molecule has 1 aromatic rings. The second kappa shape index (κ2) is 10.8. The first kappa shape index (κ1) is 17.1. The Morgan fingerprint density at radius 1 is 1.05 bits per heavy atom. The fraction of sp³-hybridized carbons (Fsp3) is 0.471. The lowest BCUT2D eigenvalue weighted by Gasteiger charge is -2.06. The van der Waals surface area contributed by atoms with E-state index in [0.29, 0.717) is 25.0 Å². The minimum Gasteiger partial charge on any atom is -0.466 e. The summed E-state index contributed by atoms with van der Waals surface area (Å²) in [5, 5.41) is 0. The third kappa shape index (κ3) is 7.40. The summed E-state index contributed by atoms with van der Waals surface area (Å²) in [6.45, 7) is 0.426. The molecule has 0 radical (unpaired) electrons. The molecule has 1 rings (SSSR count). The van der Waals surface area contributed by atoms with Crippen LogP contribution < -0.4 is 0 Å². The lowest BCUT2D eigenvalue weighted by Crippen LogP contribution is -2.07. The highest BCUT2D eigenvalue weighted by Crippen LogP contribution is 2.09. The number of rotatable bonds is 11. The minimum atomic E-state index is -0.233. The Morgan fingerprint density at radius 3 is 2.57 bits per heavy atom. The first-order valence-corrected chi connectivity index (χ1v) is 7.40. The van der Waals surface area contributed by atoms with Gasteiger partial charge in [-0.25, -0.2) is 0 Å². The van der Waals surface area contributed by atoms with Gasteiger partial charge in [-0.15, -0.1) is 0 Å². The van der Waals surface area contributed by atoms with Gasteiger partial charge in [0.2, 0.25) is 0 Å². The number of hydrogen-bond donors (Lipinski definition) is 0. The second-order valence-electron chi connectivity index (χ2n) is 4.91. The van der Waals surface area contributed by atoms with Gasteiger partial charge in [-0.3, -0.25) is 9.59 Å². The molecule has 0 heterocycles. The maximum atomic E-state index is 11.6. The molecule has 0 aromatic heterocycles. The van der Waals surface area contributed by atoms with Gasteiger partial charge in [-0.2, -0.15) is 0 Å². The van der Waals surface area contributed by atoms with Gasteiger partial charge in [0.15, 0.2) is 0 Å². The first-order valence-electron chi connectivity index (χ1n) is 7.40. The number of esters is 1. The van der Waals surface area contributed by atoms with E-state index in [1.54, 1.807) is 12.1 Å². The van der Waals surface area contributed by atoms with Crippen molar-refractivity contribution in [1.29, 1.82) is 0 Å². The van der Waals surface area contributed by atoms with E-state index in [-0.39, 0.29) is 12.4 Å². The summed E-state index contributed by atoms with van der Waals surface area (Å²) in [6, 6.07) is 7.25. The third-order valence-electron chi connectivity index (χ3n) is 3.26. The molecule has 0 aliphatic rings. The highest BCUT2D eigenvalue weighted by molar-refractivity contribution is 5.77. The van der Waals surface area contributed by atoms with Gasteiger partial charge in [0.25, 0.3) is 0 Å². The summed E-state index contributed by atoms with van der Waals surface area (Å²) in [6.07, 6.45) is 6.84. The molecule has 0 atom stereocenters. The summed E-state index contributed by atoms with van der Waals surface area (Å²) in [5.74, 6) is -0.233. The van der Waals surface area contributed by atoms with E-state index in [9.17, 15) is 14.4 Å². The van der Waals surface area contributed by atoms with Crippen molar-refractivity contribution >= 4 is 18.5 Å². The Morgan fingerprint density at radius 2 is 1.81 bits per heavy atom. The third-order valence-corrected chi connectivity index (χ3v) is 3.26. The average molecular weight is 290 g/mol. The predicted octanol–water partition coefficient (Wildman–Crippen LogP) is 3.12. The standard InChI is InChI=1S/C17H22O4/c18-12-6-2-1-3-7-13-21-17(20)11-10-15-8-4-5-9-16(15)14-19/h4-5,8-9,12,14H,1-3,6-7,10-11,13H2. The normalized spacial score (nSPS) is 10.1. The Kier molecular flexibility index (Phi) is 8.76. The molecular weight excluding hydrogens is 268 g/mol. The quantitative estimate of drug-likeness (QED) is 0.357. The highest BCUT2D eigenvalue weighted by Gasteiger charge is 2.06. The highest BCUT2D eigenvalue weighted by atomic mass is 16.5. The smallest absolute Gasteiger partial charge is 0.306 e. The van der Waals surface area contributed by atoms with E-state index in [0.717, 1.165) is 43.8 Å². The predicted molar refractivity (Wildman–Crippen MR) is 80.3 cm³/mol. The fourth-order valence-corrected chi connectivity index (χ4v) is 2.06. The van der Waals surface area contributed by atoms with Gasteiger partial charge < -0.3 is 9.53 Å².